The monoisotopic (exact) mass is 272 g/mol. The van der Waals surface area contributed by atoms with Gasteiger partial charge in [-0.1, -0.05) is 0 Å². The van der Waals surface area contributed by atoms with Crippen molar-refractivity contribution in [2.75, 3.05) is 34.9 Å². The molecule has 2 N–H and O–H groups in total. The van der Waals surface area contributed by atoms with Crippen LogP contribution in [0.5, 0.6) is 17.2 Å². The largest absolute Gasteiger partial charge is 0.496 e. The van der Waals surface area contributed by atoms with Crippen molar-refractivity contribution >= 4 is 12.6 Å². The minimum Gasteiger partial charge on any atom is -0.496 e. The average Bonchev–Trinajstić information content (AvgIpc) is 2.41. The molecule has 1 rings (SSSR count). The Kier molecular flexibility index (Phi) is 6.44. The Hall–Kier alpha value is -1.48. The van der Waals surface area contributed by atoms with Gasteiger partial charge in [-0.3, -0.25) is 0 Å². The van der Waals surface area contributed by atoms with Gasteiger partial charge in [-0.05, 0) is 0 Å². The number of rotatable bonds is 8. The summed E-state index contributed by atoms with van der Waals surface area (Å²) < 4.78 is 25.2. The van der Waals surface area contributed by atoms with Crippen LogP contribution in [-0.4, -0.2) is 52.1 Å². The molecule has 0 aliphatic rings. The molecule has 0 radical (unpaired) electrons. The Balaban J connectivity index is 3.16. The first-order chi connectivity index (χ1) is 9.13. The second-order valence-electron chi connectivity index (χ2n) is 3.51. The van der Waals surface area contributed by atoms with E-state index in [-0.39, 0.29) is 30.5 Å². The van der Waals surface area contributed by atoms with E-state index >= 15 is 0 Å². The molecule has 1 aromatic rings. The number of ether oxygens (including phenoxy) is 5. The normalized spacial score (nSPS) is 10.2. The van der Waals surface area contributed by atoms with Gasteiger partial charge in [0.25, 0.3) is 0 Å². The maximum absolute atomic E-state index is 9.42. The summed E-state index contributed by atoms with van der Waals surface area (Å²) in [6, 6.07) is 3.01. The van der Waals surface area contributed by atoms with Gasteiger partial charge in [0.1, 0.15) is 17.2 Å². The number of hydrogen-bond acceptors (Lipinski definition) is 7. The summed E-state index contributed by atoms with van der Waals surface area (Å²) in [5, 5.41) is 18.8. The fraction of sp³-hybridized carbons (Fsp3) is 0.455. The first kappa shape index (κ1) is 15.6. The summed E-state index contributed by atoms with van der Waals surface area (Å²) >= 11 is 0. The summed E-state index contributed by atoms with van der Waals surface area (Å²) in [6.45, 7) is -0.0901. The third kappa shape index (κ3) is 4.28. The zero-order chi connectivity index (χ0) is 14.3. The van der Waals surface area contributed by atoms with Crippen LogP contribution in [0.25, 0.3) is 0 Å². The summed E-state index contributed by atoms with van der Waals surface area (Å²) in [5.41, 5.74) is 0.0786. The lowest BCUT2D eigenvalue weighted by molar-refractivity contribution is 0.0469. The lowest BCUT2D eigenvalue weighted by atomic mass is 9.78. The summed E-state index contributed by atoms with van der Waals surface area (Å²) in [6.07, 6.45) is 0. The highest BCUT2D eigenvalue weighted by atomic mass is 16.7. The highest BCUT2D eigenvalue weighted by molar-refractivity contribution is 6.61. The molecule has 0 saturated heterocycles. The van der Waals surface area contributed by atoms with E-state index in [4.69, 9.17) is 23.7 Å². The van der Waals surface area contributed by atoms with Crippen LogP contribution in [0.2, 0.25) is 0 Å². The maximum Gasteiger partial charge on any atom is 0.496 e. The number of methoxy groups -OCH3 is 3. The third-order valence-electron chi connectivity index (χ3n) is 2.24. The van der Waals surface area contributed by atoms with Crippen LogP contribution in [0.3, 0.4) is 0 Å². The van der Waals surface area contributed by atoms with Gasteiger partial charge in [0.05, 0.1) is 12.6 Å². The van der Waals surface area contributed by atoms with Crippen molar-refractivity contribution in [1.82, 2.24) is 0 Å². The molecule has 0 atom stereocenters. The van der Waals surface area contributed by atoms with E-state index in [0.717, 1.165) is 0 Å². The van der Waals surface area contributed by atoms with Crippen molar-refractivity contribution in [2.45, 2.75) is 0 Å². The van der Waals surface area contributed by atoms with Crippen molar-refractivity contribution < 1.29 is 33.7 Å². The lowest BCUT2D eigenvalue weighted by Crippen LogP contribution is -2.33. The maximum atomic E-state index is 9.42. The molecule has 0 aromatic heterocycles. The zero-order valence-electron chi connectivity index (χ0n) is 11.1. The van der Waals surface area contributed by atoms with Gasteiger partial charge in [0.15, 0.2) is 13.6 Å². The first-order valence-corrected chi connectivity index (χ1v) is 5.45. The number of hydrogen-bond donors (Lipinski definition) is 2. The second-order valence-corrected chi connectivity index (χ2v) is 3.51. The molecule has 0 aliphatic heterocycles. The highest BCUT2D eigenvalue weighted by Gasteiger charge is 2.24. The summed E-state index contributed by atoms with van der Waals surface area (Å²) in [4.78, 5) is 0. The standard InChI is InChI=1S/C11H17BO7/c1-15-6-18-9-4-8(17-3)5-10(19-7-16-2)11(9)12(13)14/h4-5,13-14H,6-7H2,1-3H3. The quantitative estimate of drug-likeness (QED) is 0.480. The van der Waals surface area contributed by atoms with Crippen LogP contribution in [-0.2, 0) is 9.47 Å². The van der Waals surface area contributed by atoms with Crippen molar-refractivity contribution in [1.29, 1.82) is 0 Å². The Bertz CT molecular complexity index is 368. The minimum absolute atomic E-state index is 0.0450. The predicted molar refractivity (Wildman–Crippen MR) is 67.8 cm³/mol. The summed E-state index contributed by atoms with van der Waals surface area (Å²) in [5.74, 6) is 0.839. The third-order valence-corrected chi connectivity index (χ3v) is 2.24. The van der Waals surface area contributed by atoms with Gasteiger partial charge >= 0.3 is 7.12 Å². The van der Waals surface area contributed by atoms with Crippen LogP contribution in [0.15, 0.2) is 12.1 Å². The molecule has 1 aromatic carbocycles. The van der Waals surface area contributed by atoms with E-state index < -0.39 is 7.12 Å². The van der Waals surface area contributed by atoms with Gasteiger partial charge in [0.2, 0.25) is 0 Å². The molecule has 0 saturated carbocycles. The van der Waals surface area contributed by atoms with E-state index in [1.165, 1.54) is 33.5 Å². The van der Waals surface area contributed by atoms with Gasteiger partial charge in [0, 0.05) is 26.4 Å². The SMILES string of the molecule is COCOc1cc(OC)cc(OCOC)c1B(O)O. The molecule has 7 nitrogen and oxygen atoms in total. The van der Waals surface area contributed by atoms with Crippen LogP contribution in [0.1, 0.15) is 0 Å². The molecule has 8 heteroatoms. The van der Waals surface area contributed by atoms with Crippen molar-refractivity contribution in [3.8, 4) is 17.2 Å². The molecule has 0 fully saturated rings. The van der Waals surface area contributed by atoms with E-state index in [1.54, 1.807) is 0 Å². The molecule has 106 valence electrons. The van der Waals surface area contributed by atoms with Crippen LogP contribution in [0, 0.1) is 0 Å². The van der Waals surface area contributed by atoms with E-state index in [9.17, 15) is 10.0 Å². The predicted octanol–water partition coefficient (Wildman–Crippen LogP) is -0.660. The van der Waals surface area contributed by atoms with Crippen molar-refractivity contribution in [3.05, 3.63) is 12.1 Å². The molecule has 0 unspecified atom stereocenters. The van der Waals surface area contributed by atoms with Crippen molar-refractivity contribution in [3.63, 3.8) is 0 Å². The minimum atomic E-state index is -1.76. The fourth-order valence-electron chi connectivity index (χ4n) is 1.43. The van der Waals surface area contributed by atoms with Crippen LogP contribution < -0.4 is 19.7 Å². The number of benzene rings is 1. The molecular weight excluding hydrogens is 255 g/mol. The Labute approximate surface area is 111 Å². The molecule has 0 bridgehead atoms. The molecule has 0 spiro atoms. The van der Waals surface area contributed by atoms with Crippen LogP contribution >= 0.6 is 0 Å². The van der Waals surface area contributed by atoms with Gasteiger partial charge in [-0.15, -0.1) is 0 Å². The molecule has 0 amide bonds. The van der Waals surface area contributed by atoms with Gasteiger partial charge in [-0.25, -0.2) is 0 Å². The molecule has 19 heavy (non-hydrogen) atoms. The fourth-order valence-corrected chi connectivity index (χ4v) is 1.43. The van der Waals surface area contributed by atoms with E-state index in [2.05, 4.69) is 0 Å². The summed E-state index contributed by atoms with van der Waals surface area (Å²) in [7, 11) is 2.63. The Morgan fingerprint density at radius 1 is 0.947 bits per heavy atom. The average molecular weight is 272 g/mol. The topological polar surface area (TPSA) is 86.6 Å². The second kappa shape index (κ2) is 7.85. The zero-order valence-corrected chi connectivity index (χ0v) is 11.1. The lowest BCUT2D eigenvalue weighted by Gasteiger charge is -2.16. The van der Waals surface area contributed by atoms with Gasteiger partial charge in [-0.2, -0.15) is 0 Å². The smallest absolute Gasteiger partial charge is 0.496 e. The molecule has 0 aliphatic carbocycles. The molecule has 0 heterocycles. The van der Waals surface area contributed by atoms with E-state index in [1.807, 2.05) is 0 Å². The Morgan fingerprint density at radius 3 is 1.74 bits per heavy atom. The Morgan fingerprint density at radius 2 is 1.42 bits per heavy atom. The van der Waals surface area contributed by atoms with Gasteiger partial charge < -0.3 is 33.7 Å². The molecular formula is C11H17BO7. The first-order valence-electron chi connectivity index (χ1n) is 5.45. The van der Waals surface area contributed by atoms with Crippen LogP contribution in [0.4, 0.5) is 0 Å². The highest BCUT2D eigenvalue weighted by Crippen LogP contribution is 2.26. The van der Waals surface area contributed by atoms with Crippen molar-refractivity contribution in [2.24, 2.45) is 0 Å². The van der Waals surface area contributed by atoms with E-state index in [0.29, 0.717) is 5.75 Å².